The Morgan fingerprint density at radius 1 is 0.949 bits per heavy atom. The minimum atomic E-state index is -2.08. The molecule has 220 valence electrons. The fourth-order valence-corrected chi connectivity index (χ4v) is 11.2. The first kappa shape index (κ1) is 31.6. The fourth-order valence-electron chi connectivity index (χ4n) is 5.53. The van der Waals surface area contributed by atoms with Crippen LogP contribution in [0.15, 0.2) is 12.7 Å². The molecule has 4 atom stereocenters. The lowest BCUT2D eigenvalue weighted by molar-refractivity contribution is -0.142. The molecule has 39 heavy (non-hydrogen) atoms. The van der Waals surface area contributed by atoms with Crippen molar-refractivity contribution in [2.24, 2.45) is 0 Å². The first-order valence-corrected chi connectivity index (χ1v) is 19.6. The van der Waals surface area contributed by atoms with Crippen LogP contribution in [-0.2, 0) is 23.1 Å². The number of hydrogen-bond acceptors (Lipinski definition) is 10. The van der Waals surface area contributed by atoms with Gasteiger partial charge in [0.1, 0.15) is 30.2 Å². The number of ether oxygens (including phenoxy) is 2. The summed E-state index contributed by atoms with van der Waals surface area (Å²) in [7, 11) is -4.14. The van der Waals surface area contributed by atoms with E-state index in [1.807, 2.05) is 4.57 Å². The molecule has 0 bridgehead atoms. The zero-order chi connectivity index (χ0) is 28.6. The van der Waals surface area contributed by atoms with Gasteiger partial charge in [0.25, 0.3) is 0 Å². The third-order valence-electron chi connectivity index (χ3n) is 8.51. The molecule has 1 saturated heterocycles. The van der Waals surface area contributed by atoms with E-state index in [4.69, 9.17) is 24.1 Å². The molecule has 2 aromatic rings. The number of nitrogens with two attached hydrogens (primary N) is 1. The van der Waals surface area contributed by atoms with E-state index in [9.17, 15) is 4.79 Å². The predicted octanol–water partition coefficient (Wildman–Crippen LogP) is 4.24. The van der Waals surface area contributed by atoms with Gasteiger partial charge >= 0.3 is 5.97 Å². The topological polar surface area (TPSA) is 136 Å². The van der Waals surface area contributed by atoms with Crippen LogP contribution < -0.4 is 11.1 Å². The second-order valence-electron chi connectivity index (χ2n) is 10.2. The number of carbonyl (C=O) groups excluding carboxylic acids is 1. The predicted molar refractivity (Wildman–Crippen MR) is 157 cm³/mol. The first-order chi connectivity index (χ1) is 18.8. The molecular weight excluding hydrogens is 532 g/mol. The Bertz CT molecular complexity index is 1050. The van der Waals surface area contributed by atoms with Gasteiger partial charge in [-0.1, -0.05) is 41.5 Å². The third-order valence-corrected chi connectivity index (χ3v) is 17.8. The van der Waals surface area contributed by atoms with Gasteiger partial charge in [-0.25, -0.2) is 15.0 Å². The zero-order valence-electron chi connectivity index (χ0n) is 24.7. The number of anilines is 1. The van der Waals surface area contributed by atoms with Crippen molar-refractivity contribution in [1.82, 2.24) is 24.8 Å². The van der Waals surface area contributed by atoms with Crippen LogP contribution in [0.1, 0.15) is 54.7 Å². The summed E-state index contributed by atoms with van der Waals surface area (Å²) in [5.41, 5.74) is 7.25. The lowest BCUT2D eigenvalue weighted by atomic mass is 10.1. The number of fused-ring (bicyclic) bond motifs is 1. The van der Waals surface area contributed by atoms with Gasteiger partial charge in [0.2, 0.25) is 0 Å². The van der Waals surface area contributed by atoms with Gasteiger partial charge in [0.15, 0.2) is 34.3 Å². The van der Waals surface area contributed by atoms with Crippen molar-refractivity contribution in [1.29, 1.82) is 0 Å². The second-order valence-corrected chi connectivity index (χ2v) is 19.7. The molecule has 0 aliphatic carbocycles. The number of rotatable bonds is 16. The van der Waals surface area contributed by atoms with E-state index in [2.05, 4.69) is 61.8 Å². The average molecular weight is 581 g/mol. The van der Waals surface area contributed by atoms with Crippen LogP contribution in [0.4, 0.5) is 5.82 Å². The molecule has 3 heterocycles. The maximum absolute atomic E-state index is 12.1. The van der Waals surface area contributed by atoms with E-state index in [1.165, 1.54) is 6.33 Å². The van der Waals surface area contributed by atoms with Crippen molar-refractivity contribution in [3.8, 4) is 0 Å². The molecule has 0 saturated carbocycles. The highest BCUT2D eigenvalue weighted by Gasteiger charge is 2.52. The molecule has 3 N–H and O–H groups in total. The number of nitrogens with one attached hydrogen (secondary N) is 1. The molecule has 0 radical (unpaired) electrons. The van der Waals surface area contributed by atoms with Gasteiger partial charge in [0.05, 0.1) is 19.5 Å². The summed E-state index contributed by atoms with van der Waals surface area (Å²) in [6, 6.07) is 6.02. The highest BCUT2D eigenvalue weighted by Crippen LogP contribution is 2.41. The number of carbonyl (C=O) groups is 1. The van der Waals surface area contributed by atoms with Crippen molar-refractivity contribution in [2.45, 2.75) is 109 Å². The Hall–Kier alpha value is -1.91. The molecule has 2 aromatic heterocycles. The van der Waals surface area contributed by atoms with Crippen molar-refractivity contribution < 1.29 is 23.1 Å². The molecule has 13 heteroatoms. The van der Waals surface area contributed by atoms with Crippen molar-refractivity contribution in [3.05, 3.63) is 12.7 Å². The molecule has 0 unspecified atom stereocenters. The Balaban J connectivity index is 2.07. The van der Waals surface area contributed by atoms with Gasteiger partial charge in [0, 0.05) is 6.54 Å². The number of hydrogen-bond donors (Lipinski definition) is 2. The van der Waals surface area contributed by atoms with Crippen molar-refractivity contribution in [3.63, 3.8) is 0 Å². The average Bonchev–Trinajstić information content (AvgIpc) is 3.52. The van der Waals surface area contributed by atoms with Gasteiger partial charge < -0.3 is 29.4 Å². The van der Waals surface area contributed by atoms with E-state index in [0.29, 0.717) is 30.1 Å². The lowest BCUT2D eigenvalue weighted by Gasteiger charge is -2.39. The Morgan fingerprint density at radius 3 is 2.10 bits per heavy atom. The lowest BCUT2D eigenvalue weighted by Crippen LogP contribution is -2.52. The van der Waals surface area contributed by atoms with E-state index in [1.54, 1.807) is 13.3 Å². The molecule has 0 amide bonds. The van der Waals surface area contributed by atoms with E-state index in [-0.39, 0.29) is 30.8 Å². The van der Waals surface area contributed by atoms with Crippen LogP contribution in [-0.4, -0.2) is 80.1 Å². The number of nitrogens with zero attached hydrogens (tertiary/aromatic N) is 4. The molecule has 1 aliphatic rings. The quantitative estimate of drug-likeness (QED) is 0.219. The summed E-state index contributed by atoms with van der Waals surface area (Å²) in [6.45, 7) is 16.0. The zero-order valence-corrected chi connectivity index (χ0v) is 26.7. The summed E-state index contributed by atoms with van der Waals surface area (Å²) in [4.78, 5) is 25.2. The molecular formula is C26H48N6O5Si2. The molecule has 3 rings (SSSR count). The number of aromatic nitrogens is 4. The largest absolute Gasteiger partial charge is 0.465 e. The van der Waals surface area contributed by atoms with E-state index >= 15 is 0 Å². The summed E-state index contributed by atoms with van der Waals surface area (Å²) < 4.78 is 28.2. The number of esters is 1. The Morgan fingerprint density at radius 2 is 1.54 bits per heavy atom. The SMILES string of the molecule is CCOC(=O)CNC[C@H]1O[C@@H](n2cnc3c(N)ncnc32)[C@H](O[Si](CC)(CC)CC)[C@@H]1O[Si](CC)(CC)CC. The first-order valence-electron chi connectivity index (χ1n) is 14.6. The smallest absolute Gasteiger partial charge is 0.319 e. The molecule has 1 fully saturated rings. The second kappa shape index (κ2) is 14.1. The molecule has 1 aliphatic heterocycles. The van der Waals surface area contributed by atoms with Crippen molar-refractivity contribution >= 4 is 39.6 Å². The van der Waals surface area contributed by atoms with Crippen LogP contribution in [0.2, 0.25) is 36.3 Å². The van der Waals surface area contributed by atoms with Crippen LogP contribution >= 0.6 is 0 Å². The summed E-state index contributed by atoms with van der Waals surface area (Å²) in [5, 5.41) is 3.24. The molecule has 0 spiro atoms. The minimum absolute atomic E-state index is 0.101. The Labute approximate surface area is 234 Å². The van der Waals surface area contributed by atoms with Crippen molar-refractivity contribution in [2.75, 3.05) is 25.4 Å². The van der Waals surface area contributed by atoms with Crippen LogP contribution in [0.5, 0.6) is 0 Å². The highest BCUT2D eigenvalue weighted by atomic mass is 28.4. The maximum Gasteiger partial charge on any atom is 0.319 e. The molecule has 0 aromatic carbocycles. The summed E-state index contributed by atoms with van der Waals surface area (Å²) in [5.74, 6) is 0.0299. The standard InChI is InChI=1S/C26H48N6O5Si2/c1-8-34-20(33)16-28-15-19-22(36-38(9-2,10-3)11-4)23(37-39(12-5,13-6)14-7)26(35-19)32-18-31-21-24(27)29-17-30-25(21)32/h17-19,22-23,26,28H,8-16H2,1-7H3,(H2,27,29,30)/t19-,22-,23-,26-/m1/s1. The third kappa shape index (κ3) is 6.88. The highest BCUT2D eigenvalue weighted by molar-refractivity contribution is 6.74. The Kier molecular flexibility index (Phi) is 11.5. The normalized spacial score (nSPS) is 22.0. The van der Waals surface area contributed by atoms with E-state index < -0.39 is 22.9 Å². The van der Waals surface area contributed by atoms with Gasteiger partial charge in [-0.15, -0.1) is 0 Å². The molecule has 11 nitrogen and oxygen atoms in total. The monoisotopic (exact) mass is 580 g/mol. The van der Waals surface area contributed by atoms with Gasteiger partial charge in [-0.05, 0) is 43.2 Å². The summed E-state index contributed by atoms with van der Waals surface area (Å²) >= 11 is 0. The maximum atomic E-state index is 12.1. The summed E-state index contributed by atoms with van der Waals surface area (Å²) in [6.07, 6.45) is 1.61. The fraction of sp³-hybridized carbons (Fsp3) is 0.769. The van der Waals surface area contributed by atoms with E-state index in [0.717, 1.165) is 36.3 Å². The van der Waals surface area contributed by atoms with Crippen LogP contribution in [0, 0.1) is 0 Å². The number of nitrogen functional groups attached to an aromatic ring is 1. The van der Waals surface area contributed by atoms with Gasteiger partial charge in [-0.2, -0.15) is 0 Å². The number of imidazole rings is 1. The van der Waals surface area contributed by atoms with Crippen LogP contribution in [0.25, 0.3) is 11.2 Å². The minimum Gasteiger partial charge on any atom is -0.465 e. The van der Waals surface area contributed by atoms with Crippen LogP contribution in [0.3, 0.4) is 0 Å². The van der Waals surface area contributed by atoms with Gasteiger partial charge in [-0.3, -0.25) is 9.36 Å².